The summed E-state index contributed by atoms with van der Waals surface area (Å²) in [7, 11) is 3.62. The van der Waals surface area contributed by atoms with E-state index in [1.165, 1.54) is 0 Å². The lowest BCUT2D eigenvalue weighted by molar-refractivity contribution is -0.139. The molecule has 3 rings (SSSR count). The average Bonchev–Trinajstić information content (AvgIpc) is 3.13. The Kier molecular flexibility index (Phi) is 6.41. The molecule has 0 spiro atoms. The van der Waals surface area contributed by atoms with E-state index in [0.717, 1.165) is 16.7 Å². The SMILES string of the molecule is CC(C)CC(=O)N1CCC(Cc2ccccc2-c2ccccc2)(C(=O)N(C)C)C1. The summed E-state index contributed by atoms with van der Waals surface area (Å²) in [5, 5.41) is 0. The molecule has 0 radical (unpaired) electrons. The van der Waals surface area contributed by atoms with Crippen molar-refractivity contribution in [3.63, 3.8) is 0 Å². The lowest BCUT2D eigenvalue weighted by Crippen LogP contribution is -2.44. The molecule has 2 aromatic carbocycles. The third-order valence-electron chi connectivity index (χ3n) is 5.78. The molecule has 1 heterocycles. The Morgan fingerprint density at radius 2 is 1.69 bits per heavy atom. The topological polar surface area (TPSA) is 40.6 Å². The smallest absolute Gasteiger partial charge is 0.230 e. The van der Waals surface area contributed by atoms with Crippen LogP contribution in [0.3, 0.4) is 0 Å². The Bertz CT molecular complexity index is 860. The molecule has 0 aromatic heterocycles. The van der Waals surface area contributed by atoms with E-state index in [1.807, 2.05) is 49.3 Å². The first-order chi connectivity index (χ1) is 13.8. The highest BCUT2D eigenvalue weighted by Crippen LogP contribution is 2.39. The van der Waals surface area contributed by atoms with Crippen LogP contribution in [0, 0.1) is 11.3 Å². The molecule has 2 amide bonds. The number of hydrogen-bond acceptors (Lipinski definition) is 2. The van der Waals surface area contributed by atoms with Gasteiger partial charge in [0, 0.05) is 33.6 Å². The molecule has 1 atom stereocenters. The summed E-state index contributed by atoms with van der Waals surface area (Å²) >= 11 is 0. The van der Waals surface area contributed by atoms with Crippen molar-refractivity contribution in [3.8, 4) is 11.1 Å². The summed E-state index contributed by atoms with van der Waals surface area (Å²) in [5.74, 6) is 0.589. The third-order valence-corrected chi connectivity index (χ3v) is 5.78. The van der Waals surface area contributed by atoms with Crippen LogP contribution in [0.2, 0.25) is 0 Å². The maximum Gasteiger partial charge on any atom is 0.230 e. The van der Waals surface area contributed by atoms with Gasteiger partial charge in [-0.1, -0.05) is 68.4 Å². The van der Waals surface area contributed by atoms with Crippen LogP contribution in [-0.4, -0.2) is 48.8 Å². The highest BCUT2D eigenvalue weighted by Gasteiger charge is 2.46. The van der Waals surface area contributed by atoms with Gasteiger partial charge in [0.1, 0.15) is 0 Å². The van der Waals surface area contributed by atoms with Crippen LogP contribution in [0.4, 0.5) is 0 Å². The van der Waals surface area contributed by atoms with Gasteiger partial charge in [-0.25, -0.2) is 0 Å². The van der Waals surface area contributed by atoms with Crippen LogP contribution >= 0.6 is 0 Å². The summed E-state index contributed by atoms with van der Waals surface area (Å²) < 4.78 is 0. The zero-order valence-electron chi connectivity index (χ0n) is 18.0. The number of benzene rings is 2. The van der Waals surface area contributed by atoms with Crippen LogP contribution < -0.4 is 0 Å². The van der Waals surface area contributed by atoms with Gasteiger partial charge in [0.15, 0.2) is 0 Å². The first-order valence-electron chi connectivity index (χ1n) is 10.5. The molecule has 0 aliphatic carbocycles. The van der Waals surface area contributed by atoms with Gasteiger partial charge in [0.2, 0.25) is 11.8 Å². The first-order valence-corrected chi connectivity index (χ1v) is 10.5. The minimum Gasteiger partial charge on any atom is -0.348 e. The van der Waals surface area contributed by atoms with E-state index in [2.05, 4.69) is 38.1 Å². The normalized spacial score (nSPS) is 18.9. The van der Waals surface area contributed by atoms with Crippen molar-refractivity contribution in [1.29, 1.82) is 0 Å². The van der Waals surface area contributed by atoms with Crippen molar-refractivity contribution in [3.05, 3.63) is 60.2 Å². The molecule has 4 heteroatoms. The van der Waals surface area contributed by atoms with Gasteiger partial charge >= 0.3 is 0 Å². The molecule has 2 aromatic rings. The number of carbonyl (C=O) groups is 2. The molecule has 154 valence electrons. The molecule has 1 aliphatic heterocycles. The van der Waals surface area contributed by atoms with E-state index in [1.54, 1.807) is 4.90 Å². The predicted molar refractivity (Wildman–Crippen MR) is 117 cm³/mol. The summed E-state index contributed by atoms with van der Waals surface area (Å²) in [6.07, 6.45) is 1.88. The molecule has 1 aliphatic rings. The monoisotopic (exact) mass is 392 g/mol. The van der Waals surface area contributed by atoms with Crippen LogP contribution in [0.25, 0.3) is 11.1 Å². The highest BCUT2D eigenvalue weighted by atomic mass is 16.2. The van der Waals surface area contributed by atoms with E-state index in [4.69, 9.17) is 0 Å². The van der Waals surface area contributed by atoms with Crippen LogP contribution in [-0.2, 0) is 16.0 Å². The van der Waals surface area contributed by atoms with Gasteiger partial charge < -0.3 is 9.80 Å². The van der Waals surface area contributed by atoms with E-state index < -0.39 is 5.41 Å². The fraction of sp³-hybridized carbons (Fsp3) is 0.440. The second-order valence-corrected chi connectivity index (χ2v) is 8.84. The number of nitrogens with zero attached hydrogens (tertiary/aromatic N) is 2. The number of amides is 2. The van der Waals surface area contributed by atoms with Gasteiger partial charge in [-0.2, -0.15) is 0 Å². The number of carbonyl (C=O) groups excluding carboxylic acids is 2. The Morgan fingerprint density at radius 3 is 2.34 bits per heavy atom. The van der Waals surface area contributed by atoms with Crippen molar-refractivity contribution in [2.24, 2.45) is 11.3 Å². The van der Waals surface area contributed by atoms with Crippen LogP contribution in [0.5, 0.6) is 0 Å². The Balaban J connectivity index is 1.93. The molecule has 29 heavy (non-hydrogen) atoms. The molecule has 0 N–H and O–H groups in total. The number of likely N-dealkylation sites (tertiary alicyclic amines) is 1. The maximum absolute atomic E-state index is 13.3. The van der Waals surface area contributed by atoms with Gasteiger partial charge in [0.05, 0.1) is 5.41 Å². The Labute approximate surface area is 174 Å². The lowest BCUT2D eigenvalue weighted by atomic mass is 9.77. The summed E-state index contributed by atoms with van der Waals surface area (Å²) in [6, 6.07) is 18.6. The lowest BCUT2D eigenvalue weighted by Gasteiger charge is -2.32. The number of rotatable bonds is 6. The van der Waals surface area contributed by atoms with Crippen molar-refractivity contribution >= 4 is 11.8 Å². The molecule has 1 saturated heterocycles. The van der Waals surface area contributed by atoms with Crippen molar-refractivity contribution in [2.45, 2.75) is 33.1 Å². The zero-order valence-corrected chi connectivity index (χ0v) is 18.0. The van der Waals surface area contributed by atoms with E-state index in [0.29, 0.717) is 38.3 Å². The second kappa shape index (κ2) is 8.81. The molecule has 4 nitrogen and oxygen atoms in total. The van der Waals surface area contributed by atoms with Crippen molar-refractivity contribution in [2.75, 3.05) is 27.2 Å². The Hall–Kier alpha value is -2.62. The largest absolute Gasteiger partial charge is 0.348 e. The minimum atomic E-state index is -0.568. The average molecular weight is 393 g/mol. The van der Waals surface area contributed by atoms with Crippen molar-refractivity contribution in [1.82, 2.24) is 9.80 Å². The predicted octanol–water partition coefficient (Wildman–Crippen LogP) is 4.25. The minimum absolute atomic E-state index is 0.111. The van der Waals surface area contributed by atoms with E-state index in [9.17, 15) is 9.59 Å². The fourth-order valence-corrected chi connectivity index (χ4v) is 4.37. The Morgan fingerprint density at radius 1 is 1.03 bits per heavy atom. The molecule has 1 fully saturated rings. The quantitative estimate of drug-likeness (QED) is 0.737. The van der Waals surface area contributed by atoms with Gasteiger partial charge in [0.25, 0.3) is 0 Å². The fourth-order valence-electron chi connectivity index (χ4n) is 4.37. The molecule has 0 saturated carbocycles. The molecular weight excluding hydrogens is 360 g/mol. The van der Waals surface area contributed by atoms with Crippen LogP contribution in [0.1, 0.15) is 32.3 Å². The van der Waals surface area contributed by atoms with Crippen molar-refractivity contribution < 1.29 is 9.59 Å². The van der Waals surface area contributed by atoms with Crippen LogP contribution in [0.15, 0.2) is 54.6 Å². The summed E-state index contributed by atoms with van der Waals surface area (Å²) in [5.41, 5.74) is 2.90. The van der Waals surface area contributed by atoms with Gasteiger partial charge in [-0.05, 0) is 35.4 Å². The molecular formula is C25H32N2O2. The second-order valence-electron chi connectivity index (χ2n) is 8.84. The zero-order chi connectivity index (χ0) is 21.0. The standard InChI is InChI=1S/C25H32N2O2/c1-19(2)16-23(28)27-15-14-25(18-27,24(29)26(3)4)17-21-12-8-9-13-22(21)20-10-6-5-7-11-20/h5-13,19H,14-18H2,1-4H3. The highest BCUT2D eigenvalue weighted by molar-refractivity contribution is 5.86. The van der Waals surface area contributed by atoms with Gasteiger partial charge in [-0.15, -0.1) is 0 Å². The summed E-state index contributed by atoms with van der Waals surface area (Å²) in [4.78, 5) is 29.6. The molecule has 1 unspecified atom stereocenters. The third kappa shape index (κ3) is 4.69. The summed E-state index contributed by atoms with van der Waals surface area (Å²) in [6.45, 7) is 5.27. The maximum atomic E-state index is 13.3. The van der Waals surface area contributed by atoms with E-state index >= 15 is 0 Å². The van der Waals surface area contributed by atoms with Gasteiger partial charge in [-0.3, -0.25) is 9.59 Å². The first kappa shape index (κ1) is 21.1. The van der Waals surface area contributed by atoms with E-state index in [-0.39, 0.29) is 11.8 Å². The molecule has 0 bridgehead atoms. The number of hydrogen-bond donors (Lipinski definition) is 0.